The maximum Gasteiger partial charge on any atom is 0.271 e. The lowest BCUT2D eigenvalue weighted by Crippen LogP contribution is -2.17. The van der Waals surface area contributed by atoms with Crippen molar-refractivity contribution in [3.05, 3.63) is 70.2 Å². The summed E-state index contributed by atoms with van der Waals surface area (Å²) in [6.07, 6.45) is 1.55. The van der Waals surface area contributed by atoms with Crippen molar-refractivity contribution in [3.8, 4) is 11.5 Å². The van der Waals surface area contributed by atoms with E-state index >= 15 is 0 Å². The van der Waals surface area contributed by atoms with Gasteiger partial charge in [-0.2, -0.15) is 5.10 Å². The van der Waals surface area contributed by atoms with Crippen LogP contribution in [0.2, 0.25) is 0 Å². The third kappa shape index (κ3) is 3.86. The lowest BCUT2D eigenvalue weighted by Gasteiger charge is -2.10. The second-order valence-electron chi connectivity index (χ2n) is 5.50. The molecule has 0 heterocycles. The second kappa shape index (κ2) is 8.01. The minimum Gasteiger partial charge on any atom is -0.493 e. The van der Waals surface area contributed by atoms with Crippen molar-refractivity contribution in [1.82, 2.24) is 5.43 Å². The van der Waals surface area contributed by atoms with Gasteiger partial charge < -0.3 is 9.47 Å². The summed E-state index contributed by atoms with van der Waals surface area (Å²) >= 11 is 3.43. The molecule has 26 heavy (non-hydrogen) atoms. The van der Waals surface area contributed by atoms with E-state index in [1.165, 1.54) is 0 Å². The van der Waals surface area contributed by atoms with Crippen molar-refractivity contribution in [3.63, 3.8) is 0 Å². The molecule has 0 saturated carbocycles. The molecule has 0 atom stereocenters. The highest BCUT2D eigenvalue weighted by atomic mass is 79.9. The molecule has 3 rings (SSSR count). The van der Waals surface area contributed by atoms with Crippen LogP contribution in [0.15, 0.2) is 64.2 Å². The number of nitrogens with one attached hydrogen (secondary N) is 1. The van der Waals surface area contributed by atoms with Crippen molar-refractivity contribution < 1.29 is 14.3 Å². The third-order valence-corrected chi connectivity index (χ3v) is 4.44. The number of carbonyl (C=O) groups is 1. The minimum absolute atomic E-state index is 0.272. The van der Waals surface area contributed by atoms with Crippen molar-refractivity contribution in [2.75, 3.05) is 14.2 Å². The fourth-order valence-electron chi connectivity index (χ4n) is 2.57. The summed E-state index contributed by atoms with van der Waals surface area (Å²) in [5, 5.41) is 6.12. The SMILES string of the molecule is COc1cc(/C=N/NC(=O)c2ccc3ccccc3c2)cc(Br)c1OC. The van der Waals surface area contributed by atoms with Gasteiger partial charge in [0.1, 0.15) is 0 Å². The van der Waals surface area contributed by atoms with E-state index < -0.39 is 0 Å². The van der Waals surface area contributed by atoms with Crippen LogP contribution in [0.4, 0.5) is 0 Å². The molecule has 1 N–H and O–H groups in total. The zero-order valence-corrected chi connectivity index (χ0v) is 15.9. The predicted octanol–water partition coefficient (Wildman–Crippen LogP) is 4.38. The summed E-state index contributed by atoms with van der Waals surface area (Å²) in [5.41, 5.74) is 3.85. The maximum atomic E-state index is 12.3. The van der Waals surface area contributed by atoms with E-state index in [-0.39, 0.29) is 5.91 Å². The van der Waals surface area contributed by atoms with Gasteiger partial charge in [0, 0.05) is 5.56 Å². The Morgan fingerprint density at radius 1 is 1.04 bits per heavy atom. The summed E-state index contributed by atoms with van der Waals surface area (Å²) in [4.78, 5) is 12.3. The Morgan fingerprint density at radius 3 is 2.54 bits per heavy atom. The van der Waals surface area contributed by atoms with Crippen LogP contribution >= 0.6 is 15.9 Å². The lowest BCUT2D eigenvalue weighted by atomic mass is 10.1. The predicted molar refractivity (Wildman–Crippen MR) is 106 cm³/mol. The van der Waals surface area contributed by atoms with Crippen LogP contribution in [0, 0.1) is 0 Å². The molecule has 0 aliphatic carbocycles. The number of hydrazone groups is 1. The smallest absolute Gasteiger partial charge is 0.271 e. The number of hydrogen-bond donors (Lipinski definition) is 1. The zero-order valence-electron chi connectivity index (χ0n) is 14.3. The summed E-state index contributed by atoms with van der Waals surface area (Å²) in [6, 6.07) is 17.0. The quantitative estimate of drug-likeness (QED) is 0.499. The van der Waals surface area contributed by atoms with E-state index in [2.05, 4.69) is 26.5 Å². The first-order chi connectivity index (χ1) is 12.6. The van der Waals surface area contributed by atoms with E-state index in [1.54, 1.807) is 32.6 Å². The molecule has 5 nitrogen and oxygen atoms in total. The van der Waals surface area contributed by atoms with Crippen molar-refractivity contribution in [2.24, 2.45) is 5.10 Å². The number of ether oxygens (including phenoxy) is 2. The number of amides is 1. The van der Waals surface area contributed by atoms with Gasteiger partial charge in [-0.25, -0.2) is 5.43 Å². The average molecular weight is 413 g/mol. The molecule has 0 saturated heterocycles. The van der Waals surface area contributed by atoms with Gasteiger partial charge in [0.15, 0.2) is 11.5 Å². The summed E-state index contributed by atoms with van der Waals surface area (Å²) in [6.45, 7) is 0. The molecule has 3 aromatic carbocycles. The highest BCUT2D eigenvalue weighted by Crippen LogP contribution is 2.35. The Hall–Kier alpha value is -2.86. The van der Waals surface area contributed by atoms with Gasteiger partial charge in [0.05, 0.1) is 24.9 Å². The number of nitrogens with zero attached hydrogens (tertiary/aromatic N) is 1. The highest BCUT2D eigenvalue weighted by molar-refractivity contribution is 9.10. The maximum absolute atomic E-state index is 12.3. The van der Waals surface area contributed by atoms with Gasteiger partial charge in [-0.05, 0) is 56.5 Å². The molecule has 6 heteroatoms. The minimum atomic E-state index is -0.272. The molecule has 0 aromatic heterocycles. The first-order valence-corrected chi connectivity index (χ1v) is 8.65. The van der Waals surface area contributed by atoms with Crippen LogP contribution in [-0.4, -0.2) is 26.3 Å². The van der Waals surface area contributed by atoms with Crippen LogP contribution in [0.3, 0.4) is 0 Å². The Balaban J connectivity index is 1.75. The van der Waals surface area contributed by atoms with E-state index in [0.717, 1.165) is 20.8 Å². The van der Waals surface area contributed by atoms with Crippen molar-refractivity contribution in [1.29, 1.82) is 0 Å². The molecule has 1 amide bonds. The first kappa shape index (κ1) is 17.9. The van der Waals surface area contributed by atoms with Crippen LogP contribution < -0.4 is 14.9 Å². The molecule has 0 fully saturated rings. The molecule has 0 spiro atoms. The van der Waals surface area contributed by atoms with Gasteiger partial charge in [0.25, 0.3) is 5.91 Å². The van der Waals surface area contributed by atoms with Gasteiger partial charge in [-0.3, -0.25) is 4.79 Å². The van der Waals surface area contributed by atoms with E-state index in [9.17, 15) is 4.79 Å². The van der Waals surface area contributed by atoms with Crippen LogP contribution in [0.5, 0.6) is 11.5 Å². The third-order valence-electron chi connectivity index (χ3n) is 3.85. The normalized spacial score (nSPS) is 10.9. The zero-order chi connectivity index (χ0) is 18.5. The summed E-state index contributed by atoms with van der Waals surface area (Å²) < 4.78 is 11.3. The standard InChI is InChI=1S/C20H17BrN2O3/c1-25-18-10-13(9-17(21)19(18)26-2)12-22-23-20(24)16-8-7-14-5-3-4-6-15(14)11-16/h3-12H,1-2H3,(H,23,24)/b22-12+. The number of fused-ring (bicyclic) bond motifs is 1. The first-order valence-electron chi connectivity index (χ1n) is 7.86. The van der Waals surface area contributed by atoms with Crippen molar-refractivity contribution >= 4 is 38.8 Å². The molecule has 132 valence electrons. The fraction of sp³-hybridized carbons (Fsp3) is 0.100. The molecule has 0 unspecified atom stereocenters. The highest BCUT2D eigenvalue weighted by Gasteiger charge is 2.10. The van der Waals surface area contributed by atoms with Gasteiger partial charge in [-0.1, -0.05) is 30.3 Å². The van der Waals surface area contributed by atoms with Gasteiger partial charge in [-0.15, -0.1) is 0 Å². The number of halogens is 1. The Morgan fingerprint density at radius 2 is 1.81 bits per heavy atom. The molecule has 0 aliphatic rings. The molecule has 0 aliphatic heterocycles. The van der Waals surface area contributed by atoms with E-state index in [0.29, 0.717) is 17.1 Å². The molecular weight excluding hydrogens is 396 g/mol. The Kier molecular flexibility index (Phi) is 5.53. The Labute approximate surface area is 159 Å². The number of benzene rings is 3. The average Bonchev–Trinajstić information content (AvgIpc) is 2.67. The fourth-order valence-corrected chi connectivity index (χ4v) is 3.19. The van der Waals surface area contributed by atoms with Gasteiger partial charge >= 0.3 is 0 Å². The monoisotopic (exact) mass is 412 g/mol. The van der Waals surface area contributed by atoms with Gasteiger partial charge in [0.2, 0.25) is 0 Å². The molecule has 0 bridgehead atoms. The molecule has 0 radical (unpaired) electrons. The van der Waals surface area contributed by atoms with Crippen LogP contribution in [0.1, 0.15) is 15.9 Å². The van der Waals surface area contributed by atoms with Crippen LogP contribution in [-0.2, 0) is 0 Å². The van der Waals surface area contributed by atoms with E-state index in [4.69, 9.17) is 9.47 Å². The second-order valence-corrected chi connectivity index (χ2v) is 6.35. The number of rotatable bonds is 5. The summed E-state index contributed by atoms with van der Waals surface area (Å²) in [5.74, 6) is 0.903. The van der Waals surface area contributed by atoms with Crippen LogP contribution in [0.25, 0.3) is 10.8 Å². The topological polar surface area (TPSA) is 59.9 Å². The van der Waals surface area contributed by atoms with E-state index in [1.807, 2.05) is 42.5 Å². The largest absolute Gasteiger partial charge is 0.493 e. The summed E-state index contributed by atoms with van der Waals surface area (Å²) in [7, 11) is 3.13. The molecule has 3 aromatic rings. The number of hydrogen-bond acceptors (Lipinski definition) is 4. The molecular formula is C20H17BrN2O3. The lowest BCUT2D eigenvalue weighted by molar-refractivity contribution is 0.0955. The Bertz CT molecular complexity index is 986. The number of methoxy groups -OCH3 is 2. The van der Waals surface area contributed by atoms with Crippen molar-refractivity contribution in [2.45, 2.75) is 0 Å². The number of carbonyl (C=O) groups excluding carboxylic acids is 1.